The molecule has 2 aromatic rings. The van der Waals surface area contributed by atoms with Crippen LogP contribution in [0.25, 0.3) is 0 Å². The zero-order valence-electron chi connectivity index (χ0n) is 11.2. The van der Waals surface area contributed by atoms with E-state index in [4.69, 9.17) is 10.5 Å². The van der Waals surface area contributed by atoms with Crippen molar-refractivity contribution in [3.63, 3.8) is 0 Å². The number of carbonyl (C=O) groups is 1. The van der Waals surface area contributed by atoms with E-state index < -0.39 is 0 Å². The highest BCUT2D eigenvalue weighted by atomic mass is 16.5. The normalized spacial score (nSPS) is 10.1. The van der Waals surface area contributed by atoms with E-state index in [0.29, 0.717) is 12.3 Å². The lowest BCUT2D eigenvalue weighted by molar-refractivity contribution is -0.118. The van der Waals surface area contributed by atoms with Crippen LogP contribution in [-0.4, -0.2) is 19.1 Å². The summed E-state index contributed by atoms with van der Waals surface area (Å²) in [5, 5.41) is 2.77. The van der Waals surface area contributed by atoms with Crippen molar-refractivity contribution in [2.24, 2.45) is 5.73 Å². The predicted octanol–water partition coefficient (Wildman–Crippen LogP) is 2.21. The molecule has 0 bridgehead atoms. The number of anilines is 1. The first-order valence-electron chi connectivity index (χ1n) is 6.55. The summed E-state index contributed by atoms with van der Waals surface area (Å²) in [5.41, 5.74) is 7.33. The fourth-order valence-electron chi connectivity index (χ4n) is 1.87. The highest BCUT2D eigenvalue weighted by molar-refractivity contribution is 5.91. The number of nitrogens with one attached hydrogen (secondary N) is 1. The molecule has 0 atom stereocenters. The molecule has 0 heterocycles. The van der Waals surface area contributed by atoms with Crippen molar-refractivity contribution in [3.05, 3.63) is 60.2 Å². The number of hydrogen-bond donors (Lipinski definition) is 2. The molecule has 0 radical (unpaired) electrons. The summed E-state index contributed by atoms with van der Waals surface area (Å²) in [6, 6.07) is 16.9. The van der Waals surface area contributed by atoms with Gasteiger partial charge in [0.2, 0.25) is 0 Å². The van der Waals surface area contributed by atoms with Crippen LogP contribution in [0.3, 0.4) is 0 Å². The monoisotopic (exact) mass is 270 g/mol. The van der Waals surface area contributed by atoms with Crippen LogP contribution >= 0.6 is 0 Å². The van der Waals surface area contributed by atoms with Crippen LogP contribution in [0.5, 0.6) is 5.75 Å². The second kappa shape index (κ2) is 7.31. The summed E-state index contributed by atoms with van der Waals surface area (Å²) in [7, 11) is 0. The van der Waals surface area contributed by atoms with Gasteiger partial charge in [0, 0.05) is 5.69 Å². The second-order valence-electron chi connectivity index (χ2n) is 4.35. The van der Waals surface area contributed by atoms with Crippen molar-refractivity contribution in [2.75, 3.05) is 18.5 Å². The second-order valence-corrected chi connectivity index (χ2v) is 4.35. The van der Waals surface area contributed by atoms with E-state index in [1.165, 1.54) is 0 Å². The molecule has 20 heavy (non-hydrogen) atoms. The molecular formula is C16H18N2O2. The predicted molar refractivity (Wildman–Crippen MR) is 79.8 cm³/mol. The Kier molecular flexibility index (Phi) is 5.15. The molecule has 0 spiro atoms. The lowest BCUT2D eigenvalue weighted by Gasteiger charge is -2.11. The summed E-state index contributed by atoms with van der Waals surface area (Å²) < 4.78 is 5.56. The van der Waals surface area contributed by atoms with Crippen LogP contribution in [-0.2, 0) is 11.2 Å². The lowest BCUT2D eigenvalue weighted by Crippen LogP contribution is -2.20. The van der Waals surface area contributed by atoms with E-state index in [-0.39, 0.29) is 12.5 Å². The maximum Gasteiger partial charge on any atom is 0.262 e. The Bertz CT molecular complexity index is 555. The fourth-order valence-corrected chi connectivity index (χ4v) is 1.87. The summed E-state index contributed by atoms with van der Waals surface area (Å²) >= 11 is 0. The maximum atomic E-state index is 11.8. The van der Waals surface area contributed by atoms with Crippen molar-refractivity contribution in [1.82, 2.24) is 0 Å². The molecule has 1 amide bonds. The number of benzene rings is 2. The standard InChI is InChI=1S/C16H18N2O2/c17-11-10-13-6-4-5-9-15(13)20-12-16(19)18-14-7-2-1-3-8-14/h1-9H,10-12,17H2,(H,18,19). The number of amides is 1. The van der Waals surface area contributed by atoms with E-state index in [2.05, 4.69) is 5.32 Å². The van der Waals surface area contributed by atoms with Gasteiger partial charge < -0.3 is 15.8 Å². The Balaban J connectivity index is 1.90. The molecule has 0 saturated carbocycles. The third-order valence-electron chi connectivity index (χ3n) is 2.80. The van der Waals surface area contributed by atoms with Gasteiger partial charge in [0.05, 0.1) is 0 Å². The number of para-hydroxylation sites is 2. The van der Waals surface area contributed by atoms with Crippen LogP contribution in [0.15, 0.2) is 54.6 Å². The Hall–Kier alpha value is -2.33. The third-order valence-corrected chi connectivity index (χ3v) is 2.80. The molecule has 0 fully saturated rings. The molecule has 2 aromatic carbocycles. The molecule has 0 aliphatic carbocycles. The fraction of sp³-hybridized carbons (Fsp3) is 0.188. The molecule has 0 aliphatic rings. The maximum absolute atomic E-state index is 11.8. The Morgan fingerprint density at radius 2 is 1.75 bits per heavy atom. The number of hydrogen-bond acceptors (Lipinski definition) is 3. The van der Waals surface area contributed by atoms with E-state index in [1.807, 2.05) is 54.6 Å². The topological polar surface area (TPSA) is 64.3 Å². The molecule has 4 nitrogen and oxygen atoms in total. The highest BCUT2D eigenvalue weighted by Crippen LogP contribution is 2.18. The van der Waals surface area contributed by atoms with Crippen molar-refractivity contribution in [2.45, 2.75) is 6.42 Å². The first kappa shape index (κ1) is 14.1. The van der Waals surface area contributed by atoms with Crippen LogP contribution in [0.1, 0.15) is 5.56 Å². The summed E-state index contributed by atoms with van der Waals surface area (Å²) in [5.74, 6) is 0.528. The summed E-state index contributed by atoms with van der Waals surface area (Å²) in [6.45, 7) is 0.535. The van der Waals surface area contributed by atoms with Gasteiger partial charge in [-0.2, -0.15) is 0 Å². The molecule has 4 heteroatoms. The minimum atomic E-state index is -0.182. The molecule has 3 N–H and O–H groups in total. The van der Waals surface area contributed by atoms with Crippen molar-refractivity contribution in [3.8, 4) is 5.75 Å². The van der Waals surface area contributed by atoms with Crippen molar-refractivity contribution in [1.29, 1.82) is 0 Å². The third kappa shape index (κ3) is 4.10. The average Bonchev–Trinajstić information content (AvgIpc) is 2.48. The lowest BCUT2D eigenvalue weighted by atomic mass is 10.1. The number of rotatable bonds is 6. The van der Waals surface area contributed by atoms with Gasteiger partial charge in [-0.25, -0.2) is 0 Å². The average molecular weight is 270 g/mol. The van der Waals surface area contributed by atoms with Crippen LogP contribution in [0.2, 0.25) is 0 Å². The van der Waals surface area contributed by atoms with E-state index >= 15 is 0 Å². The van der Waals surface area contributed by atoms with Gasteiger partial charge in [-0.3, -0.25) is 4.79 Å². The summed E-state index contributed by atoms with van der Waals surface area (Å²) in [6.07, 6.45) is 0.733. The van der Waals surface area contributed by atoms with Gasteiger partial charge in [0.15, 0.2) is 6.61 Å². The van der Waals surface area contributed by atoms with Crippen LogP contribution in [0.4, 0.5) is 5.69 Å². The van der Waals surface area contributed by atoms with Gasteiger partial charge in [-0.15, -0.1) is 0 Å². The highest BCUT2D eigenvalue weighted by Gasteiger charge is 2.06. The molecule has 0 aliphatic heterocycles. The van der Waals surface area contributed by atoms with Gasteiger partial charge in [0.1, 0.15) is 5.75 Å². The smallest absolute Gasteiger partial charge is 0.262 e. The Morgan fingerprint density at radius 1 is 1.05 bits per heavy atom. The molecular weight excluding hydrogens is 252 g/mol. The van der Waals surface area contributed by atoms with Gasteiger partial charge in [0.25, 0.3) is 5.91 Å². The molecule has 2 rings (SSSR count). The molecule has 104 valence electrons. The van der Waals surface area contributed by atoms with E-state index in [9.17, 15) is 4.79 Å². The van der Waals surface area contributed by atoms with E-state index in [1.54, 1.807) is 0 Å². The quantitative estimate of drug-likeness (QED) is 0.845. The van der Waals surface area contributed by atoms with Crippen molar-refractivity contribution >= 4 is 11.6 Å². The van der Waals surface area contributed by atoms with Crippen molar-refractivity contribution < 1.29 is 9.53 Å². The SMILES string of the molecule is NCCc1ccccc1OCC(=O)Nc1ccccc1. The minimum Gasteiger partial charge on any atom is -0.483 e. The number of ether oxygens (including phenoxy) is 1. The first-order valence-corrected chi connectivity index (χ1v) is 6.55. The van der Waals surface area contributed by atoms with Gasteiger partial charge in [-0.05, 0) is 36.7 Å². The van der Waals surface area contributed by atoms with Crippen LogP contribution < -0.4 is 15.8 Å². The molecule has 0 saturated heterocycles. The minimum absolute atomic E-state index is 0.0174. The van der Waals surface area contributed by atoms with E-state index in [0.717, 1.165) is 17.7 Å². The summed E-state index contributed by atoms with van der Waals surface area (Å²) in [4.78, 5) is 11.8. The van der Waals surface area contributed by atoms with Gasteiger partial charge in [-0.1, -0.05) is 36.4 Å². The zero-order valence-corrected chi connectivity index (χ0v) is 11.2. The molecule has 0 aromatic heterocycles. The number of nitrogens with two attached hydrogens (primary N) is 1. The van der Waals surface area contributed by atoms with Gasteiger partial charge >= 0.3 is 0 Å². The Morgan fingerprint density at radius 3 is 2.50 bits per heavy atom. The molecule has 0 unspecified atom stereocenters. The largest absolute Gasteiger partial charge is 0.483 e. The Labute approximate surface area is 118 Å². The first-order chi connectivity index (χ1) is 9.79. The number of carbonyl (C=O) groups excluding carboxylic acids is 1. The zero-order chi connectivity index (χ0) is 14.2. The van der Waals surface area contributed by atoms with Crippen LogP contribution in [0, 0.1) is 0 Å².